The Morgan fingerprint density at radius 3 is 2.67 bits per heavy atom. The first-order chi connectivity index (χ1) is 10.1. The summed E-state index contributed by atoms with van der Waals surface area (Å²) in [6.45, 7) is 6.76. The smallest absolute Gasteiger partial charge is 0.141 e. The summed E-state index contributed by atoms with van der Waals surface area (Å²) < 4.78 is 19.3. The topological polar surface area (TPSA) is 34.2 Å². The highest BCUT2D eigenvalue weighted by Gasteiger charge is 2.18. The average molecular weight is 288 g/mol. The normalized spacial score (nSPS) is 12.4. The van der Waals surface area contributed by atoms with Gasteiger partial charge in [0, 0.05) is 11.8 Å². The van der Waals surface area contributed by atoms with Gasteiger partial charge in [-0.05, 0) is 38.1 Å². The zero-order valence-electron chi connectivity index (χ0n) is 12.6. The maximum Gasteiger partial charge on any atom is 0.141 e. The maximum atomic E-state index is 13.5. The fourth-order valence-corrected chi connectivity index (χ4v) is 2.28. The first-order valence-corrected chi connectivity index (χ1v) is 7.21. The number of nitrogens with zero attached hydrogens (tertiary/aromatic N) is 1. The van der Waals surface area contributed by atoms with Gasteiger partial charge in [0.15, 0.2) is 0 Å². The first kappa shape index (κ1) is 15.4. The van der Waals surface area contributed by atoms with E-state index in [1.165, 1.54) is 12.3 Å². The highest BCUT2D eigenvalue weighted by molar-refractivity contribution is 5.41. The molecule has 3 nitrogen and oxygen atoms in total. The van der Waals surface area contributed by atoms with E-state index < -0.39 is 0 Å². The van der Waals surface area contributed by atoms with Crippen LogP contribution in [-0.2, 0) is 0 Å². The van der Waals surface area contributed by atoms with Gasteiger partial charge >= 0.3 is 0 Å². The van der Waals surface area contributed by atoms with Gasteiger partial charge in [0.2, 0.25) is 0 Å². The number of hydrogen-bond acceptors (Lipinski definition) is 3. The molecule has 0 aliphatic rings. The standard InChI is InChI=1S/C17H21FN2O/c1-4-20-17(13-9-14(18)11-19-10-13)15-7-5-6-8-16(15)21-12(2)3/h5-12,17,20H,4H2,1-3H3. The Bertz CT molecular complexity index is 587. The molecule has 1 aromatic carbocycles. The lowest BCUT2D eigenvalue weighted by Crippen LogP contribution is -2.23. The van der Waals surface area contributed by atoms with E-state index in [1.54, 1.807) is 6.20 Å². The number of hydrogen-bond donors (Lipinski definition) is 1. The fraction of sp³-hybridized carbons (Fsp3) is 0.353. The third-order valence-corrected chi connectivity index (χ3v) is 3.06. The molecule has 1 atom stereocenters. The number of halogens is 1. The van der Waals surface area contributed by atoms with Gasteiger partial charge in [-0.25, -0.2) is 4.39 Å². The van der Waals surface area contributed by atoms with Crippen LogP contribution in [0.2, 0.25) is 0 Å². The van der Waals surface area contributed by atoms with Crippen LogP contribution in [0.5, 0.6) is 5.75 Å². The average Bonchev–Trinajstić information content (AvgIpc) is 2.45. The van der Waals surface area contributed by atoms with Crippen molar-refractivity contribution in [3.8, 4) is 5.75 Å². The summed E-state index contributed by atoms with van der Waals surface area (Å²) in [6.07, 6.45) is 2.98. The van der Waals surface area contributed by atoms with E-state index in [4.69, 9.17) is 4.74 Å². The first-order valence-electron chi connectivity index (χ1n) is 7.21. The van der Waals surface area contributed by atoms with E-state index in [9.17, 15) is 4.39 Å². The number of rotatable bonds is 6. The van der Waals surface area contributed by atoms with Crippen molar-refractivity contribution >= 4 is 0 Å². The van der Waals surface area contributed by atoms with Crippen LogP contribution in [0.3, 0.4) is 0 Å². The molecule has 112 valence electrons. The molecule has 2 aromatic rings. The molecule has 0 fully saturated rings. The van der Waals surface area contributed by atoms with E-state index in [2.05, 4.69) is 10.3 Å². The van der Waals surface area contributed by atoms with E-state index in [1.807, 2.05) is 45.0 Å². The second-order valence-electron chi connectivity index (χ2n) is 5.13. The zero-order valence-corrected chi connectivity index (χ0v) is 12.6. The van der Waals surface area contributed by atoms with Crippen molar-refractivity contribution in [1.29, 1.82) is 0 Å². The molecule has 1 aromatic heterocycles. The molecule has 0 radical (unpaired) electrons. The van der Waals surface area contributed by atoms with Crippen molar-refractivity contribution in [2.45, 2.75) is 32.9 Å². The highest BCUT2D eigenvalue weighted by Crippen LogP contribution is 2.30. The lowest BCUT2D eigenvalue weighted by Gasteiger charge is -2.22. The quantitative estimate of drug-likeness (QED) is 0.880. The van der Waals surface area contributed by atoms with Gasteiger partial charge in [-0.1, -0.05) is 25.1 Å². The summed E-state index contributed by atoms with van der Waals surface area (Å²) in [4.78, 5) is 3.95. The SMILES string of the molecule is CCNC(c1cncc(F)c1)c1ccccc1OC(C)C. The summed E-state index contributed by atoms with van der Waals surface area (Å²) in [7, 11) is 0. The molecule has 4 heteroatoms. The van der Waals surface area contributed by atoms with Crippen molar-refractivity contribution in [2.75, 3.05) is 6.54 Å². The van der Waals surface area contributed by atoms with Crippen LogP contribution in [0.15, 0.2) is 42.7 Å². The Hall–Kier alpha value is -1.94. The van der Waals surface area contributed by atoms with Gasteiger partial charge in [-0.2, -0.15) is 0 Å². The maximum absolute atomic E-state index is 13.5. The van der Waals surface area contributed by atoms with Gasteiger partial charge in [-0.3, -0.25) is 4.98 Å². The molecular weight excluding hydrogens is 267 g/mol. The number of benzene rings is 1. The van der Waals surface area contributed by atoms with E-state index in [0.717, 1.165) is 23.4 Å². The predicted octanol–water partition coefficient (Wildman–Crippen LogP) is 3.71. The summed E-state index contributed by atoms with van der Waals surface area (Å²) in [6, 6.07) is 9.19. The fourth-order valence-electron chi connectivity index (χ4n) is 2.28. The predicted molar refractivity (Wildman–Crippen MR) is 81.9 cm³/mol. The van der Waals surface area contributed by atoms with Gasteiger partial charge in [0.05, 0.1) is 18.3 Å². The Morgan fingerprint density at radius 2 is 2.00 bits per heavy atom. The molecule has 0 amide bonds. The number of para-hydroxylation sites is 1. The molecule has 0 saturated carbocycles. The van der Waals surface area contributed by atoms with Crippen LogP contribution in [0.4, 0.5) is 4.39 Å². The Morgan fingerprint density at radius 1 is 1.24 bits per heavy atom. The third kappa shape index (κ3) is 4.02. The Labute approximate surface area is 125 Å². The van der Waals surface area contributed by atoms with Crippen molar-refractivity contribution in [3.63, 3.8) is 0 Å². The minimum atomic E-state index is -0.335. The Kier molecular flexibility index (Phi) is 5.28. The summed E-state index contributed by atoms with van der Waals surface area (Å²) in [5.41, 5.74) is 1.78. The van der Waals surface area contributed by atoms with Gasteiger partial charge in [0.25, 0.3) is 0 Å². The lowest BCUT2D eigenvalue weighted by atomic mass is 9.99. The highest BCUT2D eigenvalue weighted by atomic mass is 19.1. The molecule has 21 heavy (non-hydrogen) atoms. The van der Waals surface area contributed by atoms with Crippen LogP contribution < -0.4 is 10.1 Å². The van der Waals surface area contributed by atoms with Crippen LogP contribution in [0, 0.1) is 5.82 Å². The van der Waals surface area contributed by atoms with Crippen molar-refractivity contribution in [1.82, 2.24) is 10.3 Å². The largest absolute Gasteiger partial charge is 0.491 e. The second kappa shape index (κ2) is 7.18. The number of nitrogens with one attached hydrogen (secondary N) is 1. The minimum absolute atomic E-state index is 0.0825. The molecule has 1 unspecified atom stereocenters. The molecule has 0 spiro atoms. The monoisotopic (exact) mass is 288 g/mol. The van der Waals surface area contributed by atoms with Crippen LogP contribution >= 0.6 is 0 Å². The molecule has 0 aliphatic carbocycles. The van der Waals surface area contributed by atoms with Crippen LogP contribution in [-0.4, -0.2) is 17.6 Å². The number of ether oxygens (including phenoxy) is 1. The van der Waals surface area contributed by atoms with E-state index in [-0.39, 0.29) is 18.0 Å². The van der Waals surface area contributed by atoms with E-state index >= 15 is 0 Å². The molecular formula is C17H21FN2O. The van der Waals surface area contributed by atoms with Gasteiger partial charge < -0.3 is 10.1 Å². The van der Waals surface area contributed by atoms with Crippen LogP contribution in [0.1, 0.15) is 37.9 Å². The number of aromatic nitrogens is 1. The summed E-state index contributed by atoms with van der Waals surface area (Å²) >= 11 is 0. The summed E-state index contributed by atoms with van der Waals surface area (Å²) in [5.74, 6) is 0.473. The second-order valence-corrected chi connectivity index (χ2v) is 5.13. The lowest BCUT2D eigenvalue weighted by molar-refractivity contribution is 0.238. The third-order valence-electron chi connectivity index (χ3n) is 3.06. The van der Waals surface area contributed by atoms with Gasteiger partial charge in [0.1, 0.15) is 11.6 Å². The molecule has 0 saturated heterocycles. The number of pyridine rings is 1. The summed E-state index contributed by atoms with van der Waals surface area (Å²) in [5, 5.41) is 3.37. The van der Waals surface area contributed by atoms with Crippen molar-refractivity contribution in [2.24, 2.45) is 0 Å². The Balaban J connectivity index is 2.43. The molecule has 1 N–H and O–H groups in total. The molecule has 0 bridgehead atoms. The minimum Gasteiger partial charge on any atom is -0.491 e. The molecule has 1 heterocycles. The van der Waals surface area contributed by atoms with E-state index in [0.29, 0.717) is 0 Å². The molecule has 0 aliphatic heterocycles. The van der Waals surface area contributed by atoms with Gasteiger partial charge in [-0.15, -0.1) is 0 Å². The van der Waals surface area contributed by atoms with Crippen molar-refractivity contribution in [3.05, 3.63) is 59.7 Å². The van der Waals surface area contributed by atoms with Crippen LogP contribution in [0.25, 0.3) is 0 Å². The zero-order chi connectivity index (χ0) is 15.2. The van der Waals surface area contributed by atoms with Crippen molar-refractivity contribution < 1.29 is 9.13 Å². The molecule has 2 rings (SSSR count).